The van der Waals surface area contributed by atoms with Crippen LogP contribution in [0.4, 0.5) is 4.79 Å². The highest BCUT2D eigenvalue weighted by molar-refractivity contribution is 7.09. The van der Waals surface area contributed by atoms with E-state index in [0.29, 0.717) is 6.54 Å². The number of nitrogens with zero attached hydrogens (tertiary/aromatic N) is 1. The molecule has 2 aromatic rings. The summed E-state index contributed by atoms with van der Waals surface area (Å²) in [5.41, 5.74) is 2.03. The van der Waals surface area contributed by atoms with Crippen LogP contribution in [0.2, 0.25) is 0 Å². The van der Waals surface area contributed by atoms with Crippen LogP contribution in [0.15, 0.2) is 29.6 Å². The van der Waals surface area contributed by atoms with Crippen LogP contribution in [0, 0.1) is 0 Å². The van der Waals surface area contributed by atoms with Gasteiger partial charge < -0.3 is 15.4 Å². The Morgan fingerprint density at radius 1 is 1.22 bits per heavy atom. The molecule has 0 aliphatic heterocycles. The molecule has 2 rings (SSSR count). The molecule has 0 aliphatic rings. The highest BCUT2D eigenvalue weighted by Gasteiger charge is 2.06. The molecule has 0 bridgehead atoms. The number of methoxy groups -OCH3 is 1. The van der Waals surface area contributed by atoms with Gasteiger partial charge in [-0.2, -0.15) is 0 Å². The summed E-state index contributed by atoms with van der Waals surface area (Å²) < 4.78 is 5.16. The van der Waals surface area contributed by atoms with E-state index in [1.54, 1.807) is 18.4 Å². The van der Waals surface area contributed by atoms with Gasteiger partial charge in [0, 0.05) is 30.5 Å². The normalized spacial score (nSPS) is 10.3. The molecule has 0 fully saturated rings. The Kier molecular flexibility index (Phi) is 6.87. The Hall–Kier alpha value is -2.08. The number of rotatable bonds is 8. The quantitative estimate of drug-likeness (QED) is 0.727. The van der Waals surface area contributed by atoms with Crippen LogP contribution >= 0.6 is 11.3 Å². The van der Waals surface area contributed by atoms with Crippen LogP contribution in [0.1, 0.15) is 24.8 Å². The zero-order chi connectivity index (χ0) is 16.5. The standard InChI is InChI=1S/C17H23N3O2S/c1-3-4-10-18-17(21)19-11-9-16-20-15(12-23-16)13-5-7-14(22-2)8-6-13/h5-8,12H,3-4,9-11H2,1-2H3,(H2,18,19,21). The summed E-state index contributed by atoms with van der Waals surface area (Å²) in [6.07, 6.45) is 2.82. The molecule has 23 heavy (non-hydrogen) atoms. The first-order valence-electron chi connectivity index (χ1n) is 7.83. The topological polar surface area (TPSA) is 63.2 Å². The Morgan fingerprint density at radius 2 is 1.96 bits per heavy atom. The number of benzene rings is 1. The fourth-order valence-corrected chi connectivity index (χ4v) is 2.85. The fraction of sp³-hybridized carbons (Fsp3) is 0.412. The van der Waals surface area contributed by atoms with Gasteiger partial charge in [-0.15, -0.1) is 11.3 Å². The van der Waals surface area contributed by atoms with Crippen molar-refractivity contribution < 1.29 is 9.53 Å². The van der Waals surface area contributed by atoms with Gasteiger partial charge in [0.25, 0.3) is 0 Å². The van der Waals surface area contributed by atoms with E-state index in [1.807, 2.05) is 29.6 Å². The van der Waals surface area contributed by atoms with Crippen molar-refractivity contribution in [1.82, 2.24) is 15.6 Å². The Bertz CT molecular complexity index is 611. The molecule has 124 valence electrons. The monoisotopic (exact) mass is 333 g/mol. The highest BCUT2D eigenvalue weighted by Crippen LogP contribution is 2.24. The third kappa shape index (κ3) is 5.56. The summed E-state index contributed by atoms with van der Waals surface area (Å²) in [6, 6.07) is 7.74. The second kappa shape index (κ2) is 9.15. The number of nitrogens with one attached hydrogen (secondary N) is 2. The minimum atomic E-state index is -0.106. The second-order valence-corrected chi connectivity index (χ2v) is 6.08. The second-order valence-electron chi connectivity index (χ2n) is 5.14. The van der Waals surface area contributed by atoms with E-state index >= 15 is 0 Å². The zero-order valence-corrected chi connectivity index (χ0v) is 14.4. The van der Waals surface area contributed by atoms with Gasteiger partial charge in [-0.1, -0.05) is 13.3 Å². The summed E-state index contributed by atoms with van der Waals surface area (Å²) in [5, 5.41) is 8.75. The molecule has 2 N–H and O–H groups in total. The van der Waals surface area contributed by atoms with Crippen LogP contribution in [-0.2, 0) is 6.42 Å². The number of aromatic nitrogens is 1. The SMILES string of the molecule is CCCCNC(=O)NCCc1nc(-c2ccc(OC)cc2)cs1. The number of hydrogen-bond donors (Lipinski definition) is 2. The Balaban J connectivity index is 1.79. The lowest BCUT2D eigenvalue weighted by Gasteiger charge is -2.05. The maximum atomic E-state index is 11.5. The summed E-state index contributed by atoms with van der Waals surface area (Å²) in [6.45, 7) is 3.41. The van der Waals surface area contributed by atoms with Gasteiger partial charge in [0.15, 0.2) is 0 Å². The summed E-state index contributed by atoms with van der Waals surface area (Å²) >= 11 is 1.61. The maximum absolute atomic E-state index is 11.5. The van der Waals surface area contributed by atoms with E-state index < -0.39 is 0 Å². The number of unbranched alkanes of at least 4 members (excludes halogenated alkanes) is 1. The number of carbonyl (C=O) groups excluding carboxylic acids is 1. The van der Waals surface area contributed by atoms with Gasteiger partial charge in [-0.3, -0.25) is 0 Å². The summed E-state index contributed by atoms with van der Waals surface area (Å²) in [4.78, 5) is 16.2. The number of ether oxygens (including phenoxy) is 1. The van der Waals surface area contributed by atoms with E-state index in [4.69, 9.17) is 4.74 Å². The van der Waals surface area contributed by atoms with Gasteiger partial charge in [0.2, 0.25) is 0 Å². The minimum Gasteiger partial charge on any atom is -0.497 e. The van der Waals surface area contributed by atoms with Crippen LogP contribution in [0.5, 0.6) is 5.75 Å². The first-order chi connectivity index (χ1) is 11.2. The van der Waals surface area contributed by atoms with Gasteiger partial charge >= 0.3 is 6.03 Å². The highest BCUT2D eigenvalue weighted by atomic mass is 32.1. The number of hydrogen-bond acceptors (Lipinski definition) is 4. The summed E-state index contributed by atoms with van der Waals surface area (Å²) in [7, 11) is 1.65. The van der Waals surface area contributed by atoms with Crippen LogP contribution in [0.25, 0.3) is 11.3 Å². The van der Waals surface area contributed by atoms with Crippen molar-refractivity contribution in [2.24, 2.45) is 0 Å². The van der Waals surface area contributed by atoms with E-state index in [-0.39, 0.29) is 6.03 Å². The molecular formula is C17H23N3O2S. The van der Waals surface area contributed by atoms with Gasteiger partial charge in [-0.25, -0.2) is 9.78 Å². The van der Waals surface area contributed by atoms with Crippen molar-refractivity contribution >= 4 is 17.4 Å². The molecule has 1 aromatic carbocycles. The van der Waals surface area contributed by atoms with Crippen molar-refractivity contribution in [3.8, 4) is 17.0 Å². The van der Waals surface area contributed by atoms with Crippen molar-refractivity contribution in [2.75, 3.05) is 20.2 Å². The van der Waals surface area contributed by atoms with Crippen molar-refractivity contribution in [2.45, 2.75) is 26.2 Å². The lowest BCUT2D eigenvalue weighted by molar-refractivity contribution is 0.241. The molecule has 5 nitrogen and oxygen atoms in total. The first-order valence-corrected chi connectivity index (χ1v) is 8.71. The van der Waals surface area contributed by atoms with Crippen LogP contribution in [0.3, 0.4) is 0 Å². The van der Waals surface area contributed by atoms with Crippen molar-refractivity contribution in [3.63, 3.8) is 0 Å². The predicted molar refractivity (Wildman–Crippen MR) is 94.1 cm³/mol. The molecule has 0 saturated carbocycles. The van der Waals surface area contributed by atoms with Crippen molar-refractivity contribution in [1.29, 1.82) is 0 Å². The average molecular weight is 333 g/mol. The van der Waals surface area contributed by atoms with Gasteiger partial charge in [-0.05, 0) is 30.7 Å². The molecule has 0 aliphatic carbocycles. The summed E-state index contributed by atoms with van der Waals surface area (Å²) in [5.74, 6) is 0.836. The van der Waals surface area contributed by atoms with E-state index in [2.05, 4.69) is 22.5 Å². The van der Waals surface area contributed by atoms with E-state index in [9.17, 15) is 4.79 Å². The first kappa shape index (κ1) is 17.3. The molecule has 0 atom stereocenters. The third-order valence-electron chi connectivity index (χ3n) is 3.38. The van der Waals surface area contributed by atoms with Crippen molar-refractivity contribution in [3.05, 3.63) is 34.7 Å². The van der Waals surface area contributed by atoms with Crippen LogP contribution < -0.4 is 15.4 Å². The molecule has 6 heteroatoms. The largest absolute Gasteiger partial charge is 0.497 e. The molecule has 0 unspecified atom stereocenters. The van der Waals surface area contributed by atoms with Gasteiger partial charge in [0.05, 0.1) is 17.8 Å². The van der Waals surface area contributed by atoms with E-state index in [1.165, 1.54) is 0 Å². The van der Waals surface area contributed by atoms with Crippen LogP contribution in [-0.4, -0.2) is 31.2 Å². The fourth-order valence-electron chi connectivity index (χ4n) is 2.04. The molecular weight excluding hydrogens is 310 g/mol. The van der Waals surface area contributed by atoms with Gasteiger partial charge in [0.1, 0.15) is 5.75 Å². The Labute approximate surface area is 141 Å². The third-order valence-corrected chi connectivity index (χ3v) is 4.29. The van der Waals surface area contributed by atoms with E-state index in [0.717, 1.165) is 47.8 Å². The maximum Gasteiger partial charge on any atom is 0.314 e. The predicted octanol–water partition coefficient (Wildman–Crippen LogP) is 3.46. The zero-order valence-electron chi connectivity index (χ0n) is 13.6. The number of urea groups is 1. The molecule has 1 aromatic heterocycles. The number of carbonyl (C=O) groups is 1. The molecule has 2 amide bonds. The smallest absolute Gasteiger partial charge is 0.314 e. The number of thiazole rings is 1. The minimum absolute atomic E-state index is 0.106. The lowest BCUT2D eigenvalue weighted by Crippen LogP contribution is -2.37. The molecule has 0 saturated heterocycles. The number of amides is 2. The lowest BCUT2D eigenvalue weighted by atomic mass is 10.2. The Morgan fingerprint density at radius 3 is 2.65 bits per heavy atom. The molecule has 0 spiro atoms. The molecule has 0 radical (unpaired) electrons. The molecule has 1 heterocycles. The average Bonchev–Trinajstić information content (AvgIpc) is 3.04.